The molecule has 0 unspecified atom stereocenters. The molecule has 0 bridgehead atoms. The highest BCUT2D eigenvalue weighted by atomic mass is 35.5. The van der Waals surface area contributed by atoms with Crippen LogP contribution in [0.15, 0.2) is 6.20 Å². The van der Waals surface area contributed by atoms with Crippen molar-refractivity contribution in [3.63, 3.8) is 0 Å². The summed E-state index contributed by atoms with van der Waals surface area (Å²) in [4.78, 5) is 26.0. The van der Waals surface area contributed by atoms with Crippen LogP contribution in [0.2, 0.25) is 0 Å². The number of nitrogens with zero attached hydrogens (tertiary/aromatic N) is 6. The lowest BCUT2D eigenvalue weighted by Crippen LogP contribution is -2.58. The molecule has 10 heteroatoms. The van der Waals surface area contributed by atoms with E-state index in [1.54, 1.807) is 4.68 Å². The van der Waals surface area contributed by atoms with E-state index < -0.39 is 5.54 Å². The molecular weight excluding hydrogens is 389 g/mol. The fourth-order valence-electron chi connectivity index (χ4n) is 4.01. The van der Waals surface area contributed by atoms with E-state index in [0.717, 1.165) is 61.4 Å². The lowest BCUT2D eigenvalue weighted by atomic mass is 9.97. The standard InChI is InChI=1S/C17H25N7O.2ClH/c1-12-20-14-13(11-19-22(14)2)15(21-12)23-7-9-24(10-8-23)16(25)17(18)5-3-4-6-17;;/h11H,3-10,18H2,1-2H3;2*1H. The van der Waals surface area contributed by atoms with Crippen molar-refractivity contribution < 1.29 is 4.79 Å². The van der Waals surface area contributed by atoms with Crippen molar-refractivity contribution in [1.82, 2.24) is 24.6 Å². The molecule has 0 spiro atoms. The van der Waals surface area contributed by atoms with E-state index >= 15 is 0 Å². The number of halogens is 2. The first-order valence-electron chi connectivity index (χ1n) is 8.97. The molecule has 1 saturated carbocycles. The van der Waals surface area contributed by atoms with Gasteiger partial charge in [-0.2, -0.15) is 5.10 Å². The van der Waals surface area contributed by atoms with Crippen molar-refractivity contribution >= 4 is 47.6 Å². The maximum absolute atomic E-state index is 12.8. The topological polar surface area (TPSA) is 93.2 Å². The van der Waals surface area contributed by atoms with Crippen molar-refractivity contribution in [2.45, 2.75) is 38.1 Å². The maximum Gasteiger partial charge on any atom is 0.242 e. The number of piperazine rings is 1. The average Bonchev–Trinajstić information content (AvgIpc) is 3.21. The Kier molecular flexibility index (Phi) is 6.55. The molecule has 150 valence electrons. The molecule has 1 amide bonds. The number of aromatic nitrogens is 4. The highest BCUT2D eigenvalue weighted by Crippen LogP contribution is 2.30. The largest absolute Gasteiger partial charge is 0.352 e. The summed E-state index contributed by atoms with van der Waals surface area (Å²) in [5.41, 5.74) is 6.55. The van der Waals surface area contributed by atoms with Crippen LogP contribution < -0.4 is 10.6 Å². The lowest BCUT2D eigenvalue weighted by Gasteiger charge is -2.39. The zero-order valence-corrected chi connectivity index (χ0v) is 17.4. The summed E-state index contributed by atoms with van der Waals surface area (Å²) in [6, 6.07) is 0. The highest BCUT2D eigenvalue weighted by Gasteiger charge is 2.40. The van der Waals surface area contributed by atoms with E-state index in [2.05, 4.69) is 20.0 Å². The van der Waals surface area contributed by atoms with Crippen LogP contribution >= 0.6 is 24.8 Å². The van der Waals surface area contributed by atoms with E-state index in [-0.39, 0.29) is 30.7 Å². The number of aryl methyl sites for hydroxylation is 2. The SMILES string of the molecule is Cc1nc(N2CCN(C(=O)C3(N)CCCC3)CC2)c2cnn(C)c2n1.Cl.Cl. The first kappa shape index (κ1) is 21.7. The minimum Gasteiger partial charge on any atom is -0.352 e. The van der Waals surface area contributed by atoms with Crippen LogP contribution in [0.1, 0.15) is 31.5 Å². The number of rotatable bonds is 2. The number of carbonyl (C=O) groups excluding carboxylic acids is 1. The van der Waals surface area contributed by atoms with Gasteiger partial charge in [-0.15, -0.1) is 24.8 Å². The third kappa shape index (κ3) is 3.83. The summed E-state index contributed by atoms with van der Waals surface area (Å²) in [5, 5.41) is 5.26. The monoisotopic (exact) mass is 415 g/mol. The number of fused-ring (bicyclic) bond motifs is 1. The molecular formula is C17H27Cl2N7O. The molecule has 1 aliphatic carbocycles. The molecule has 0 radical (unpaired) electrons. The predicted octanol–water partition coefficient (Wildman–Crippen LogP) is 1.44. The molecule has 1 aliphatic heterocycles. The van der Waals surface area contributed by atoms with Crippen molar-refractivity contribution in [2.24, 2.45) is 12.8 Å². The normalized spacial score (nSPS) is 18.9. The van der Waals surface area contributed by atoms with Gasteiger partial charge in [-0.25, -0.2) is 9.97 Å². The summed E-state index contributed by atoms with van der Waals surface area (Å²) < 4.78 is 1.77. The molecule has 27 heavy (non-hydrogen) atoms. The van der Waals surface area contributed by atoms with Crippen LogP contribution in [0.4, 0.5) is 5.82 Å². The molecule has 8 nitrogen and oxygen atoms in total. The van der Waals surface area contributed by atoms with Crippen LogP contribution in [-0.2, 0) is 11.8 Å². The van der Waals surface area contributed by atoms with Crippen molar-refractivity contribution in [3.05, 3.63) is 12.0 Å². The molecule has 2 aromatic rings. The summed E-state index contributed by atoms with van der Waals surface area (Å²) in [6.07, 6.45) is 5.55. The summed E-state index contributed by atoms with van der Waals surface area (Å²) in [6.45, 7) is 4.77. The van der Waals surface area contributed by atoms with Crippen molar-refractivity contribution in [2.75, 3.05) is 31.1 Å². The van der Waals surface area contributed by atoms with Gasteiger partial charge in [-0.1, -0.05) is 12.8 Å². The van der Waals surface area contributed by atoms with Crippen LogP contribution in [-0.4, -0.2) is 62.3 Å². The number of hydrogen-bond donors (Lipinski definition) is 1. The average molecular weight is 416 g/mol. The minimum atomic E-state index is -0.635. The third-order valence-corrected chi connectivity index (χ3v) is 5.47. The maximum atomic E-state index is 12.8. The van der Waals surface area contributed by atoms with Gasteiger partial charge < -0.3 is 15.5 Å². The van der Waals surface area contributed by atoms with E-state index in [0.29, 0.717) is 13.1 Å². The lowest BCUT2D eigenvalue weighted by molar-refractivity contribution is -0.137. The number of hydrogen-bond acceptors (Lipinski definition) is 6. The molecule has 2 aromatic heterocycles. The molecule has 2 fully saturated rings. The molecule has 4 rings (SSSR count). The Morgan fingerprint density at radius 3 is 2.37 bits per heavy atom. The van der Waals surface area contributed by atoms with Crippen LogP contribution in [0.25, 0.3) is 11.0 Å². The zero-order valence-electron chi connectivity index (χ0n) is 15.7. The summed E-state index contributed by atoms with van der Waals surface area (Å²) in [5.74, 6) is 1.76. The van der Waals surface area contributed by atoms with Crippen LogP contribution in [0.5, 0.6) is 0 Å². The fourth-order valence-corrected chi connectivity index (χ4v) is 4.01. The van der Waals surface area contributed by atoms with E-state index in [1.807, 2.05) is 25.1 Å². The Bertz CT molecular complexity index is 811. The Hall–Kier alpha value is -1.64. The van der Waals surface area contributed by atoms with E-state index in [4.69, 9.17) is 5.73 Å². The van der Waals surface area contributed by atoms with Gasteiger partial charge in [0.25, 0.3) is 0 Å². The smallest absolute Gasteiger partial charge is 0.242 e. The number of amides is 1. The fraction of sp³-hybridized carbons (Fsp3) is 0.647. The summed E-state index contributed by atoms with van der Waals surface area (Å²) >= 11 is 0. The second-order valence-electron chi connectivity index (χ2n) is 7.24. The molecule has 1 saturated heterocycles. The van der Waals surface area contributed by atoms with E-state index in [1.165, 1.54) is 0 Å². The highest BCUT2D eigenvalue weighted by molar-refractivity contribution is 5.88. The minimum absolute atomic E-state index is 0. The Balaban J connectivity index is 0.00000131. The van der Waals surface area contributed by atoms with E-state index in [9.17, 15) is 4.79 Å². The molecule has 3 heterocycles. The first-order chi connectivity index (χ1) is 12.0. The van der Waals surface area contributed by atoms with Gasteiger partial charge >= 0.3 is 0 Å². The van der Waals surface area contributed by atoms with Gasteiger partial charge in [-0.3, -0.25) is 9.48 Å². The Morgan fingerprint density at radius 1 is 1.11 bits per heavy atom. The quantitative estimate of drug-likeness (QED) is 0.797. The Labute approximate surface area is 171 Å². The Morgan fingerprint density at radius 2 is 1.74 bits per heavy atom. The number of anilines is 1. The molecule has 0 atom stereocenters. The zero-order chi connectivity index (χ0) is 17.6. The van der Waals surface area contributed by atoms with Gasteiger partial charge in [0.1, 0.15) is 11.6 Å². The van der Waals surface area contributed by atoms with Gasteiger partial charge in [0.2, 0.25) is 5.91 Å². The second kappa shape index (κ2) is 8.16. The van der Waals surface area contributed by atoms with Crippen molar-refractivity contribution in [1.29, 1.82) is 0 Å². The van der Waals surface area contributed by atoms with Gasteiger partial charge in [0, 0.05) is 33.2 Å². The third-order valence-electron chi connectivity index (χ3n) is 5.47. The predicted molar refractivity (Wildman–Crippen MR) is 110 cm³/mol. The second-order valence-corrected chi connectivity index (χ2v) is 7.24. The van der Waals surface area contributed by atoms with Gasteiger partial charge in [0.05, 0.1) is 17.1 Å². The molecule has 0 aromatic carbocycles. The summed E-state index contributed by atoms with van der Waals surface area (Å²) in [7, 11) is 1.89. The number of nitrogens with two attached hydrogens (primary N) is 1. The first-order valence-corrected chi connectivity index (χ1v) is 8.97. The molecule has 2 N–H and O–H groups in total. The number of carbonyl (C=O) groups is 1. The van der Waals surface area contributed by atoms with Crippen LogP contribution in [0, 0.1) is 6.92 Å². The van der Waals surface area contributed by atoms with Crippen LogP contribution in [0.3, 0.4) is 0 Å². The van der Waals surface area contributed by atoms with Gasteiger partial charge in [-0.05, 0) is 19.8 Å². The van der Waals surface area contributed by atoms with Crippen molar-refractivity contribution in [3.8, 4) is 0 Å². The molecule has 2 aliphatic rings. The van der Waals surface area contributed by atoms with Gasteiger partial charge in [0.15, 0.2) is 5.65 Å².